The Kier molecular flexibility index (Phi) is 2.50. The molecule has 0 heterocycles. The van der Waals surface area contributed by atoms with Crippen LogP contribution in [0, 0.1) is 0 Å². The highest BCUT2D eigenvalue weighted by Crippen LogP contribution is 1.40. The van der Waals surface area contributed by atoms with Crippen LogP contribution in [0.5, 0.6) is 0 Å². The summed E-state index contributed by atoms with van der Waals surface area (Å²) in [5.74, 6) is 0. The summed E-state index contributed by atoms with van der Waals surface area (Å²) < 4.78 is 0. The largest absolute Gasteiger partial charge is 0.327 e. The minimum Gasteiger partial charge on any atom is -0.327 e. The maximum atomic E-state index is 4.91. The topological polar surface area (TPSA) is 26.0 Å². The van der Waals surface area contributed by atoms with E-state index in [0.29, 0.717) is 6.54 Å². The summed E-state index contributed by atoms with van der Waals surface area (Å²) in [7, 11) is 0. The number of rotatable bonds is 1. The summed E-state index contributed by atoms with van der Waals surface area (Å²) in [5.41, 5.74) is 4.91. The van der Waals surface area contributed by atoms with E-state index in [9.17, 15) is 0 Å². The molecule has 26 valence electrons. The van der Waals surface area contributed by atoms with Crippen molar-refractivity contribution in [3.8, 4) is 0 Å². The minimum atomic E-state index is 0. The summed E-state index contributed by atoms with van der Waals surface area (Å²) in [4.78, 5) is 0. The van der Waals surface area contributed by atoms with Gasteiger partial charge in [-0.2, -0.15) is 0 Å². The van der Waals surface area contributed by atoms with Gasteiger partial charge >= 0.3 is 0 Å². The SMILES string of the molecule is C=CCN.[HH]. The fraction of sp³-hybridized carbons (Fsp3) is 0.333. The Morgan fingerprint density at radius 2 is 2.50 bits per heavy atom. The van der Waals surface area contributed by atoms with Gasteiger partial charge in [0.25, 0.3) is 0 Å². The molecule has 0 amide bonds. The van der Waals surface area contributed by atoms with Gasteiger partial charge in [-0.15, -0.1) is 6.58 Å². The fourth-order valence-electron chi connectivity index (χ4n) is 0. The first-order valence-corrected chi connectivity index (χ1v) is 1.22. The zero-order valence-corrected chi connectivity index (χ0v) is 2.57. The Balaban J connectivity index is 0. The second kappa shape index (κ2) is 2.70. The highest BCUT2D eigenvalue weighted by molar-refractivity contribution is 4.64. The Morgan fingerprint density at radius 3 is 2.50 bits per heavy atom. The molecule has 0 spiro atoms. The van der Waals surface area contributed by atoms with Crippen LogP contribution in [0.25, 0.3) is 0 Å². The Bertz CT molecular complexity index is 20.9. The van der Waals surface area contributed by atoms with E-state index < -0.39 is 0 Å². The van der Waals surface area contributed by atoms with Crippen LogP contribution in [-0.2, 0) is 0 Å². The molecule has 0 aliphatic heterocycles. The third-order valence-electron chi connectivity index (χ3n) is 0.167. The van der Waals surface area contributed by atoms with Crippen molar-refractivity contribution < 1.29 is 1.43 Å². The molecule has 0 saturated heterocycles. The number of hydrogen-bond acceptors (Lipinski definition) is 1. The van der Waals surface area contributed by atoms with Crippen molar-refractivity contribution in [1.82, 2.24) is 0 Å². The lowest BCUT2D eigenvalue weighted by Gasteiger charge is -1.61. The lowest BCUT2D eigenvalue weighted by molar-refractivity contribution is 1.26. The maximum Gasteiger partial charge on any atom is 0.0104 e. The van der Waals surface area contributed by atoms with Crippen LogP contribution in [-0.4, -0.2) is 6.54 Å². The Labute approximate surface area is 27.6 Å². The van der Waals surface area contributed by atoms with Gasteiger partial charge in [-0.1, -0.05) is 6.08 Å². The first kappa shape index (κ1) is 3.70. The van der Waals surface area contributed by atoms with Gasteiger partial charge in [-0.3, -0.25) is 0 Å². The minimum absolute atomic E-state index is 0. The zero-order valence-electron chi connectivity index (χ0n) is 2.57. The van der Waals surface area contributed by atoms with Gasteiger partial charge in [0.1, 0.15) is 0 Å². The summed E-state index contributed by atoms with van der Waals surface area (Å²) in [6, 6.07) is 0. The molecule has 0 aromatic rings. The standard InChI is InChI=1S/C3H7N.H2/c1-2-3-4;/h2H,1,3-4H2;1H. The summed E-state index contributed by atoms with van der Waals surface area (Å²) >= 11 is 0. The van der Waals surface area contributed by atoms with E-state index in [1.54, 1.807) is 6.08 Å². The van der Waals surface area contributed by atoms with Gasteiger partial charge in [0.15, 0.2) is 0 Å². The van der Waals surface area contributed by atoms with Crippen LogP contribution in [0.2, 0.25) is 0 Å². The Morgan fingerprint density at radius 1 is 2.25 bits per heavy atom. The van der Waals surface area contributed by atoms with Crippen molar-refractivity contribution in [3.05, 3.63) is 12.7 Å². The monoisotopic (exact) mass is 59.1 g/mol. The summed E-state index contributed by atoms with van der Waals surface area (Å²) in [6.45, 7) is 3.94. The fourth-order valence-corrected chi connectivity index (χ4v) is 0. The molecular formula is C3H9N. The smallest absolute Gasteiger partial charge is 0.0104 e. The molecule has 0 aromatic carbocycles. The van der Waals surface area contributed by atoms with Crippen LogP contribution >= 0.6 is 0 Å². The van der Waals surface area contributed by atoms with Crippen LogP contribution in [0.1, 0.15) is 1.43 Å². The van der Waals surface area contributed by atoms with Crippen molar-refractivity contribution in [2.75, 3.05) is 6.54 Å². The van der Waals surface area contributed by atoms with Crippen molar-refractivity contribution in [3.63, 3.8) is 0 Å². The van der Waals surface area contributed by atoms with Gasteiger partial charge in [0.2, 0.25) is 0 Å². The van der Waals surface area contributed by atoms with E-state index in [-0.39, 0.29) is 1.43 Å². The molecule has 0 aromatic heterocycles. The molecule has 1 heteroatoms. The molecule has 0 atom stereocenters. The normalized spacial score (nSPS) is 6.25. The van der Waals surface area contributed by atoms with E-state index in [2.05, 4.69) is 6.58 Å². The summed E-state index contributed by atoms with van der Waals surface area (Å²) in [5, 5.41) is 0. The Hall–Kier alpha value is -0.300. The van der Waals surface area contributed by atoms with E-state index in [1.807, 2.05) is 0 Å². The van der Waals surface area contributed by atoms with Gasteiger partial charge < -0.3 is 5.73 Å². The van der Waals surface area contributed by atoms with Crippen molar-refractivity contribution in [1.29, 1.82) is 0 Å². The highest BCUT2D eigenvalue weighted by atomic mass is 14.5. The first-order valence-electron chi connectivity index (χ1n) is 1.22. The second-order valence-electron chi connectivity index (χ2n) is 0.524. The molecule has 0 unspecified atom stereocenters. The molecular weight excluding hydrogens is 50.0 g/mol. The average molecular weight is 59.1 g/mol. The molecule has 0 saturated carbocycles. The first-order chi connectivity index (χ1) is 1.91. The van der Waals surface area contributed by atoms with Crippen LogP contribution < -0.4 is 5.73 Å². The molecule has 0 rings (SSSR count). The van der Waals surface area contributed by atoms with Gasteiger partial charge in [-0.05, 0) is 0 Å². The van der Waals surface area contributed by atoms with Crippen molar-refractivity contribution >= 4 is 0 Å². The van der Waals surface area contributed by atoms with Gasteiger partial charge in [0, 0.05) is 7.97 Å². The van der Waals surface area contributed by atoms with Crippen LogP contribution in [0.3, 0.4) is 0 Å². The quantitative estimate of drug-likeness (QED) is 0.434. The van der Waals surface area contributed by atoms with Gasteiger partial charge in [-0.25, -0.2) is 0 Å². The van der Waals surface area contributed by atoms with E-state index in [4.69, 9.17) is 5.73 Å². The number of hydrogen-bond donors (Lipinski definition) is 1. The highest BCUT2D eigenvalue weighted by Gasteiger charge is 1.43. The summed E-state index contributed by atoms with van der Waals surface area (Å²) in [6.07, 6.45) is 1.65. The van der Waals surface area contributed by atoms with Gasteiger partial charge in [0.05, 0.1) is 0 Å². The lowest BCUT2D eigenvalue weighted by atomic mass is 10.7. The van der Waals surface area contributed by atoms with E-state index >= 15 is 0 Å². The third kappa shape index (κ3) is 1.70. The zero-order chi connectivity index (χ0) is 3.41. The van der Waals surface area contributed by atoms with Crippen LogP contribution in [0.4, 0.5) is 0 Å². The van der Waals surface area contributed by atoms with Crippen molar-refractivity contribution in [2.45, 2.75) is 0 Å². The molecule has 4 heavy (non-hydrogen) atoms. The molecule has 2 N–H and O–H groups in total. The van der Waals surface area contributed by atoms with Crippen LogP contribution in [0.15, 0.2) is 12.7 Å². The molecule has 1 nitrogen and oxygen atoms in total. The molecule has 0 bridgehead atoms. The number of nitrogens with two attached hydrogens (primary N) is 1. The molecule has 0 aliphatic carbocycles. The lowest BCUT2D eigenvalue weighted by Crippen LogP contribution is -1.90. The average Bonchev–Trinajstić information content (AvgIpc) is 1.37. The predicted octanol–water partition coefficient (Wildman–Crippen LogP) is 0.377. The molecule has 0 aliphatic rings. The predicted molar refractivity (Wildman–Crippen MR) is 21.4 cm³/mol. The maximum absolute atomic E-state index is 4.91. The third-order valence-corrected chi connectivity index (χ3v) is 0.167. The second-order valence-corrected chi connectivity index (χ2v) is 0.524. The van der Waals surface area contributed by atoms with E-state index in [1.165, 1.54) is 0 Å². The van der Waals surface area contributed by atoms with Crippen molar-refractivity contribution in [2.24, 2.45) is 5.73 Å². The van der Waals surface area contributed by atoms with E-state index in [0.717, 1.165) is 0 Å². The molecule has 0 fully saturated rings. The molecule has 0 radical (unpaired) electrons.